The van der Waals surface area contributed by atoms with Gasteiger partial charge in [0.05, 0.1) is 5.02 Å². The van der Waals surface area contributed by atoms with Gasteiger partial charge in [-0.3, -0.25) is 0 Å². The lowest BCUT2D eigenvalue weighted by Gasteiger charge is -2.14. The van der Waals surface area contributed by atoms with E-state index < -0.39 is 10.0 Å². The molecule has 9 heteroatoms. The SMILES string of the molecule is NNc1ncc(S(=O)(=O)NCCCN2CCCC2)cc1Cl. The molecule has 7 nitrogen and oxygen atoms in total. The van der Waals surface area contributed by atoms with Crippen LogP contribution in [0.15, 0.2) is 17.2 Å². The molecule has 1 aromatic heterocycles. The maximum absolute atomic E-state index is 12.1. The van der Waals surface area contributed by atoms with E-state index in [9.17, 15) is 8.42 Å². The highest BCUT2D eigenvalue weighted by atomic mass is 35.5. The van der Waals surface area contributed by atoms with Crippen molar-refractivity contribution >= 4 is 27.4 Å². The van der Waals surface area contributed by atoms with E-state index >= 15 is 0 Å². The third-order valence-electron chi connectivity index (χ3n) is 3.40. The second-order valence-electron chi connectivity index (χ2n) is 4.95. The Bertz CT molecular complexity index is 575. The van der Waals surface area contributed by atoms with Crippen LogP contribution < -0.4 is 16.0 Å². The van der Waals surface area contributed by atoms with E-state index in [0.29, 0.717) is 6.54 Å². The molecule has 21 heavy (non-hydrogen) atoms. The van der Waals surface area contributed by atoms with E-state index in [0.717, 1.165) is 26.1 Å². The number of nitrogens with one attached hydrogen (secondary N) is 2. The van der Waals surface area contributed by atoms with Crippen molar-refractivity contribution in [3.8, 4) is 0 Å². The fraction of sp³-hybridized carbons (Fsp3) is 0.583. The summed E-state index contributed by atoms with van der Waals surface area (Å²) in [5.74, 6) is 5.44. The summed E-state index contributed by atoms with van der Waals surface area (Å²) in [6.07, 6.45) is 4.47. The Balaban J connectivity index is 1.87. The molecule has 0 aromatic carbocycles. The molecule has 1 aromatic rings. The number of halogens is 1. The van der Waals surface area contributed by atoms with E-state index in [2.05, 4.69) is 20.0 Å². The van der Waals surface area contributed by atoms with Gasteiger partial charge in [-0.05, 0) is 45.0 Å². The number of sulfonamides is 1. The zero-order chi connectivity index (χ0) is 15.3. The first-order chi connectivity index (χ1) is 10.0. The van der Waals surface area contributed by atoms with Crippen molar-refractivity contribution < 1.29 is 8.42 Å². The first-order valence-corrected chi connectivity index (χ1v) is 8.73. The van der Waals surface area contributed by atoms with Crippen LogP contribution in [0.1, 0.15) is 19.3 Å². The minimum atomic E-state index is -3.59. The van der Waals surface area contributed by atoms with Gasteiger partial charge in [0.2, 0.25) is 10.0 Å². The number of likely N-dealkylation sites (tertiary alicyclic amines) is 1. The second kappa shape index (κ2) is 7.37. The van der Waals surface area contributed by atoms with E-state index in [4.69, 9.17) is 17.4 Å². The fourth-order valence-corrected chi connectivity index (χ4v) is 3.60. The van der Waals surface area contributed by atoms with Gasteiger partial charge in [0.15, 0.2) is 5.82 Å². The van der Waals surface area contributed by atoms with Crippen molar-refractivity contribution in [2.45, 2.75) is 24.2 Å². The molecule has 2 heterocycles. The van der Waals surface area contributed by atoms with Crippen LogP contribution in [0.5, 0.6) is 0 Å². The lowest BCUT2D eigenvalue weighted by Crippen LogP contribution is -2.29. The normalized spacial score (nSPS) is 16.3. The number of nitrogens with two attached hydrogens (primary N) is 1. The van der Waals surface area contributed by atoms with Crippen LogP contribution in [-0.4, -0.2) is 44.5 Å². The molecule has 118 valence electrons. The average Bonchev–Trinajstić information content (AvgIpc) is 2.97. The number of hydrogen-bond acceptors (Lipinski definition) is 6. The van der Waals surface area contributed by atoms with Crippen molar-refractivity contribution in [3.63, 3.8) is 0 Å². The molecule has 0 unspecified atom stereocenters. The Morgan fingerprint density at radius 2 is 2.10 bits per heavy atom. The van der Waals surface area contributed by atoms with E-state index in [1.807, 2.05) is 0 Å². The molecular formula is C12H20ClN5O2S. The molecule has 1 aliphatic heterocycles. The fourth-order valence-electron chi connectivity index (χ4n) is 2.27. The highest BCUT2D eigenvalue weighted by Crippen LogP contribution is 2.21. The summed E-state index contributed by atoms with van der Waals surface area (Å²) in [7, 11) is -3.59. The number of nitrogens with zero attached hydrogens (tertiary/aromatic N) is 2. The van der Waals surface area contributed by atoms with Crippen molar-refractivity contribution in [1.29, 1.82) is 0 Å². The summed E-state index contributed by atoms with van der Waals surface area (Å²) in [4.78, 5) is 6.24. The van der Waals surface area contributed by atoms with Gasteiger partial charge in [0, 0.05) is 12.7 Å². The summed E-state index contributed by atoms with van der Waals surface area (Å²) in [6, 6.07) is 1.33. The predicted octanol–water partition coefficient (Wildman–Crippen LogP) is 0.785. The summed E-state index contributed by atoms with van der Waals surface area (Å²) < 4.78 is 26.8. The predicted molar refractivity (Wildman–Crippen MR) is 82.5 cm³/mol. The number of aromatic nitrogens is 1. The zero-order valence-corrected chi connectivity index (χ0v) is 13.3. The van der Waals surface area contributed by atoms with Crippen LogP contribution in [0.3, 0.4) is 0 Å². The van der Waals surface area contributed by atoms with Gasteiger partial charge < -0.3 is 10.3 Å². The molecule has 0 bridgehead atoms. The second-order valence-corrected chi connectivity index (χ2v) is 7.12. The topological polar surface area (TPSA) is 100 Å². The van der Waals surface area contributed by atoms with Gasteiger partial charge in [-0.2, -0.15) is 0 Å². The average molecular weight is 334 g/mol. The molecule has 0 spiro atoms. The van der Waals surface area contributed by atoms with Gasteiger partial charge in [0.25, 0.3) is 0 Å². The molecule has 1 aliphatic rings. The van der Waals surface area contributed by atoms with Gasteiger partial charge in [-0.25, -0.2) is 24.0 Å². The Labute approximate surface area is 129 Å². The molecule has 0 aliphatic carbocycles. The lowest BCUT2D eigenvalue weighted by molar-refractivity contribution is 0.334. The van der Waals surface area contributed by atoms with Crippen molar-refractivity contribution in [3.05, 3.63) is 17.3 Å². The third kappa shape index (κ3) is 4.52. The van der Waals surface area contributed by atoms with Crippen LogP contribution in [0, 0.1) is 0 Å². The molecule has 0 radical (unpaired) electrons. The van der Waals surface area contributed by atoms with Crippen LogP contribution in [0.25, 0.3) is 0 Å². The number of hydrazine groups is 1. The van der Waals surface area contributed by atoms with Gasteiger partial charge >= 0.3 is 0 Å². The number of rotatable bonds is 7. The Morgan fingerprint density at radius 3 is 2.71 bits per heavy atom. The maximum Gasteiger partial charge on any atom is 0.242 e. The van der Waals surface area contributed by atoms with Crippen LogP contribution >= 0.6 is 11.6 Å². The van der Waals surface area contributed by atoms with E-state index in [1.165, 1.54) is 25.1 Å². The zero-order valence-electron chi connectivity index (χ0n) is 11.7. The number of anilines is 1. The largest absolute Gasteiger partial charge is 0.307 e. The number of hydrogen-bond donors (Lipinski definition) is 3. The molecule has 2 rings (SSSR count). The third-order valence-corrected chi connectivity index (χ3v) is 5.12. The first-order valence-electron chi connectivity index (χ1n) is 6.87. The van der Waals surface area contributed by atoms with Crippen molar-refractivity contribution in [2.24, 2.45) is 5.84 Å². The van der Waals surface area contributed by atoms with E-state index in [1.54, 1.807) is 0 Å². The molecule has 1 fully saturated rings. The molecular weight excluding hydrogens is 314 g/mol. The van der Waals surface area contributed by atoms with Gasteiger partial charge in [0.1, 0.15) is 4.90 Å². The smallest absolute Gasteiger partial charge is 0.242 e. The monoisotopic (exact) mass is 333 g/mol. The number of nitrogen functional groups attached to an aromatic ring is 1. The summed E-state index contributed by atoms with van der Waals surface area (Å²) in [6.45, 7) is 3.53. The molecule has 1 saturated heterocycles. The maximum atomic E-state index is 12.1. The molecule has 0 amide bonds. The highest BCUT2D eigenvalue weighted by Gasteiger charge is 2.16. The lowest BCUT2D eigenvalue weighted by atomic mass is 10.4. The minimum Gasteiger partial charge on any atom is -0.307 e. The Hall–Kier alpha value is -0.930. The summed E-state index contributed by atoms with van der Waals surface area (Å²) in [5.41, 5.74) is 2.29. The molecule has 0 atom stereocenters. The van der Waals surface area contributed by atoms with E-state index in [-0.39, 0.29) is 15.7 Å². The van der Waals surface area contributed by atoms with Gasteiger partial charge in [-0.1, -0.05) is 11.6 Å². The molecule has 4 N–H and O–H groups in total. The quantitative estimate of drug-likeness (QED) is 0.387. The first kappa shape index (κ1) is 16.4. The Morgan fingerprint density at radius 1 is 1.38 bits per heavy atom. The summed E-state index contributed by atoms with van der Waals surface area (Å²) in [5, 5.41) is 0.164. The van der Waals surface area contributed by atoms with Crippen LogP contribution in [0.4, 0.5) is 5.82 Å². The van der Waals surface area contributed by atoms with Crippen LogP contribution in [-0.2, 0) is 10.0 Å². The van der Waals surface area contributed by atoms with Crippen LogP contribution in [0.2, 0.25) is 5.02 Å². The highest BCUT2D eigenvalue weighted by molar-refractivity contribution is 7.89. The minimum absolute atomic E-state index is 0.0349. The molecule has 0 saturated carbocycles. The van der Waals surface area contributed by atoms with Crippen molar-refractivity contribution in [2.75, 3.05) is 31.6 Å². The standard InChI is InChI=1S/C12H20ClN5O2S/c13-11-8-10(9-15-12(11)17-14)21(19,20)16-4-3-7-18-5-1-2-6-18/h8-9,16H,1-7,14H2,(H,15,17). The summed E-state index contributed by atoms with van der Waals surface area (Å²) >= 11 is 5.88. The van der Waals surface area contributed by atoms with Gasteiger partial charge in [-0.15, -0.1) is 0 Å². The Kier molecular flexibility index (Phi) is 5.77. The van der Waals surface area contributed by atoms with Crippen molar-refractivity contribution in [1.82, 2.24) is 14.6 Å². The number of pyridine rings is 1.